The molecule has 0 spiro atoms. The second-order valence-electron chi connectivity index (χ2n) is 5.18. The van der Waals surface area contributed by atoms with Crippen molar-refractivity contribution in [3.63, 3.8) is 0 Å². The molecular weight excluding hydrogens is 315 g/mol. The monoisotopic (exact) mass is 332 g/mol. The first-order valence-corrected chi connectivity index (χ1v) is 8.24. The van der Waals surface area contributed by atoms with Gasteiger partial charge in [0.05, 0.1) is 5.25 Å². The number of halogens is 1. The molecule has 1 unspecified atom stereocenters. The summed E-state index contributed by atoms with van der Waals surface area (Å²) in [4.78, 5) is 8.71. The van der Waals surface area contributed by atoms with Crippen LogP contribution in [0.2, 0.25) is 0 Å². The Bertz CT molecular complexity index is 814. The highest BCUT2D eigenvalue weighted by Crippen LogP contribution is 2.33. The Balaban J connectivity index is 1.79. The molecule has 0 fully saturated rings. The molecule has 0 aliphatic heterocycles. The third-order valence-electron chi connectivity index (χ3n) is 3.52. The van der Waals surface area contributed by atoms with Gasteiger partial charge >= 0.3 is 0 Å². The topological polar surface area (TPSA) is 56.7 Å². The van der Waals surface area contributed by atoms with E-state index in [1.807, 2.05) is 17.7 Å². The molecule has 0 bridgehead atoms. The van der Waals surface area contributed by atoms with Crippen LogP contribution in [0.4, 0.5) is 4.39 Å². The van der Waals surface area contributed by atoms with Gasteiger partial charge in [0.15, 0.2) is 5.16 Å². The maximum absolute atomic E-state index is 13.7. The zero-order valence-corrected chi connectivity index (χ0v) is 14.0. The number of benzene rings is 1. The molecule has 0 aliphatic carbocycles. The predicted octanol–water partition coefficient (Wildman–Crippen LogP) is 4.25. The zero-order chi connectivity index (χ0) is 16.4. The molecule has 0 radical (unpaired) electrons. The highest BCUT2D eigenvalue weighted by atomic mass is 32.2. The Kier molecular flexibility index (Phi) is 4.47. The summed E-state index contributed by atoms with van der Waals surface area (Å²) in [5, 5.41) is 4.82. The van der Waals surface area contributed by atoms with Crippen molar-refractivity contribution < 1.29 is 8.91 Å². The average Bonchev–Trinajstić information content (AvgIpc) is 3.18. The maximum Gasteiger partial charge on any atom is 0.240 e. The number of hydrogen-bond acceptors (Lipinski definition) is 5. The zero-order valence-electron chi connectivity index (χ0n) is 13.2. The van der Waals surface area contributed by atoms with Crippen LogP contribution >= 0.6 is 11.8 Å². The van der Waals surface area contributed by atoms with Gasteiger partial charge < -0.3 is 9.09 Å². The summed E-state index contributed by atoms with van der Waals surface area (Å²) in [6.07, 6.45) is 3.70. The van der Waals surface area contributed by atoms with Crippen molar-refractivity contribution in [2.75, 3.05) is 0 Å². The quantitative estimate of drug-likeness (QED) is 0.654. The van der Waals surface area contributed by atoms with Gasteiger partial charge in [-0.3, -0.25) is 0 Å². The molecule has 0 saturated carbocycles. The van der Waals surface area contributed by atoms with Crippen molar-refractivity contribution in [2.24, 2.45) is 0 Å². The predicted molar refractivity (Wildman–Crippen MR) is 86.6 cm³/mol. The minimum Gasteiger partial charge on any atom is -0.338 e. The van der Waals surface area contributed by atoms with E-state index in [0.717, 1.165) is 11.7 Å². The highest BCUT2D eigenvalue weighted by Gasteiger charge is 2.19. The van der Waals surface area contributed by atoms with Gasteiger partial charge in [0.25, 0.3) is 0 Å². The van der Waals surface area contributed by atoms with Crippen LogP contribution in [-0.2, 0) is 6.54 Å². The molecule has 0 amide bonds. The standard InChI is InChI=1S/C16H17FN4OS/c1-4-21-8-7-18-16(21)23-11(3)15-19-14(20-22-15)12-6-5-10(2)13(17)9-12/h5-9,11H,4H2,1-3H3. The Morgan fingerprint density at radius 3 is 2.96 bits per heavy atom. The van der Waals surface area contributed by atoms with Crippen molar-refractivity contribution in [2.45, 2.75) is 37.7 Å². The molecule has 3 aromatic rings. The smallest absolute Gasteiger partial charge is 0.240 e. The van der Waals surface area contributed by atoms with Crippen molar-refractivity contribution in [1.29, 1.82) is 0 Å². The van der Waals surface area contributed by atoms with E-state index >= 15 is 0 Å². The van der Waals surface area contributed by atoms with Gasteiger partial charge in [-0.05, 0) is 32.4 Å². The Hall–Kier alpha value is -2.15. The van der Waals surface area contributed by atoms with Crippen molar-refractivity contribution >= 4 is 11.8 Å². The second kappa shape index (κ2) is 6.54. The van der Waals surface area contributed by atoms with Gasteiger partial charge in [-0.15, -0.1) is 0 Å². The summed E-state index contributed by atoms with van der Waals surface area (Å²) in [7, 11) is 0. The normalized spacial score (nSPS) is 12.5. The number of aromatic nitrogens is 4. The average molecular weight is 332 g/mol. The lowest BCUT2D eigenvalue weighted by Gasteiger charge is -2.07. The van der Waals surface area contributed by atoms with Crippen molar-refractivity contribution in [1.82, 2.24) is 19.7 Å². The first-order valence-electron chi connectivity index (χ1n) is 7.36. The molecule has 3 rings (SSSR count). The lowest BCUT2D eigenvalue weighted by Crippen LogP contribution is -1.97. The molecule has 120 valence electrons. The van der Waals surface area contributed by atoms with Crippen LogP contribution in [0.5, 0.6) is 0 Å². The largest absolute Gasteiger partial charge is 0.338 e. The number of thioether (sulfide) groups is 1. The third kappa shape index (κ3) is 3.29. The number of imidazole rings is 1. The molecule has 5 nitrogen and oxygen atoms in total. The van der Waals surface area contributed by atoms with Crippen LogP contribution in [0.1, 0.15) is 30.6 Å². The summed E-state index contributed by atoms with van der Waals surface area (Å²) in [5.41, 5.74) is 1.20. The van der Waals surface area contributed by atoms with Gasteiger partial charge in [-0.25, -0.2) is 9.37 Å². The minimum atomic E-state index is -0.277. The van der Waals surface area contributed by atoms with E-state index < -0.39 is 0 Å². The summed E-state index contributed by atoms with van der Waals surface area (Å²) >= 11 is 1.55. The molecule has 23 heavy (non-hydrogen) atoms. The summed E-state index contributed by atoms with van der Waals surface area (Å²) in [6.45, 7) is 6.61. The highest BCUT2D eigenvalue weighted by molar-refractivity contribution is 7.99. The van der Waals surface area contributed by atoms with Crippen molar-refractivity contribution in [3.05, 3.63) is 47.9 Å². The number of rotatable bonds is 5. The van der Waals surface area contributed by atoms with E-state index in [9.17, 15) is 4.39 Å². The number of hydrogen-bond donors (Lipinski definition) is 0. The lowest BCUT2D eigenvalue weighted by molar-refractivity contribution is 0.380. The van der Waals surface area contributed by atoms with Crippen molar-refractivity contribution in [3.8, 4) is 11.4 Å². The van der Waals surface area contributed by atoms with E-state index in [1.54, 1.807) is 37.0 Å². The van der Waals surface area contributed by atoms with E-state index in [4.69, 9.17) is 4.52 Å². The number of aryl methyl sites for hydroxylation is 2. The van der Waals surface area contributed by atoms with Crippen LogP contribution in [0.25, 0.3) is 11.4 Å². The van der Waals surface area contributed by atoms with Crippen LogP contribution in [0.3, 0.4) is 0 Å². The molecular formula is C16H17FN4OS. The van der Waals surface area contributed by atoms with Crippen LogP contribution in [0, 0.1) is 12.7 Å². The van der Waals surface area contributed by atoms with E-state index in [0.29, 0.717) is 22.8 Å². The first kappa shape index (κ1) is 15.7. The first-order chi connectivity index (χ1) is 11.1. The van der Waals surface area contributed by atoms with Gasteiger partial charge in [0.1, 0.15) is 5.82 Å². The van der Waals surface area contributed by atoms with Crippen LogP contribution in [-0.4, -0.2) is 19.7 Å². The van der Waals surface area contributed by atoms with Gasteiger partial charge in [0, 0.05) is 24.5 Å². The SMILES string of the molecule is CCn1ccnc1SC(C)c1nc(-c2ccc(C)c(F)c2)no1. The summed E-state index contributed by atoms with van der Waals surface area (Å²) < 4.78 is 21.0. The molecule has 0 saturated heterocycles. The fraction of sp³-hybridized carbons (Fsp3) is 0.312. The van der Waals surface area contributed by atoms with Gasteiger partial charge in [-0.1, -0.05) is 29.1 Å². The Morgan fingerprint density at radius 1 is 1.39 bits per heavy atom. The molecule has 2 aromatic heterocycles. The van der Waals surface area contributed by atoms with E-state index in [2.05, 4.69) is 22.0 Å². The van der Waals surface area contributed by atoms with E-state index in [1.165, 1.54) is 6.07 Å². The molecule has 1 atom stereocenters. The summed E-state index contributed by atoms with van der Waals surface area (Å²) in [6, 6.07) is 4.91. The fourth-order valence-electron chi connectivity index (χ4n) is 2.11. The third-order valence-corrected chi connectivity index (χ3v) is 4.63. The van der Waals surface area contributed by atoms with Gasteiger partial charge in [-0.2, -0.15) is 4.98 Å². The Morgan fingerprint density at radius 2 is 2.22 bits per heavy atom. The molecule has 0 N–H and O–H groups in total. The number of nitrogens with zero attached hydrogens (tertiary/aromatic N) is 4. The fourth-order valence-corrected chi connectivity index (χ4v) is 3.07. The lowest BCUT2D eigenvalue weighted by atomic mass is 10.1. The van der Waals surface area contributed by atoms with Crippen LogP contribution in [0.15, 0.2) is 40.3 Å². The van der Waals surface area contributed by atoms with Gasteiger partial charge in [0.2, 0.25) is 11.7 Å². The molecule has 7 heteroatoms. The second-order valence-corrected chi connectivity index (χ2v) is 6.48. The van der Waals surface area contributed by atoms with E-state index in [-0.39, 0.29) is 11.1 Å². The molecule has 2 heterocycles. The summed E-state index contributed by atoms with van der Waals surface area (Å²) in [5.74, 6) is 0.614. The Labute approximate surface area is 137 Å². The minimum absolute atomic E-state index is 0.0424. The molecule has 1 aromatic carbocycles. The molecule has 0 aliphatic rings. The van der Waals surface area contributed by atoms with Crippen LogP contribution < -0.4 is 0 Å². The maximum atomic E-state index is 13.7.